The van der Waals surface area contributed by atoms with Crippen LogP contribution < -0.4 is 10.2 Å². The van der Waals surface area contributed by atoms with Gasteiger partial charge in [0, 0.05) is 18.8 Å². The molecule has 2 atom stereocenters. The van der Waals surface area contributed by atoms with Gasteiger partial charge < -0.3 is 4.90 Å². The fourth-order valence-electron chi connectivity index (χ4n) is 2.83. The van der Waals surface area contributed by atoms with E-state index in [2.05, 4.69) is 29.3 Å². The third kappa shape index (κ3) is 1.68. The molecule has 4 heteroatoms. The Bertz CT molecular complexity index is 490. The minimum Gasteiger partial charge on any atom is -0.370 e. The Morgan fingerprint density at radius 1 is 1.22 bits per heavy atom. The van der Waals surface area contributed by atoms with Crippen molar-refractivity contribution >= 4 is 17.5 Å². The summed E-state index contributed by atoms with van der Waals surface area (Å²) in [6, 6.07) is 8.31. The van der Waals surface area contributed by atoms with Crippen LogP contribution in [0.25, 0.3) is 0 Å². The average molecular weight is 244 g/mol. The predicted molar refractivity (Wildman–Crippen MR) is 68.2 cm³/mol. The van der Waals surface area contributed by atoms with E-state index in [1.54, 1.807) is 0 Å². The van der Waals surface area contributed by atoms with Crippen molar-refractivity contribution in [2.24, 2.45) is 11.8 Å². The van der Waals surface area contributed by atoms with E-state index in [9.17, 15) is 9.59 Å². The lowest BCUT2D eigenvalue weighted by Gasteiger charge is -2.19. The molecule has 1 aromatic rings. The smallest absolute Gasteiger partial charge is 0.232 e. The quantitative estimate of drug-likeness (QED) is 0.788. The van der Waals surface area contributed by atoms with Crippen molar-refractivity contribution in [1.82, 2.24) is 5.32 Å². The van der Waals surface area contributed by atoms with Gasteiger partial charge in [0.15, 0.2) is 0 Å². The molecule has 18 heavy (non-hydrogen) atoms. The number of carbonyl (C=O) groups excluding carboxylic acids is 2. The number of benzene rings is 1. The normalized spacial score (nSPS) is 26.4. The summed E-state index contributed by atoms with van der Waals surface area (Å²) in [6.45, 7) is 3.42. The maximum Gasteiger partial charge on any atom is 0.232 e. The van der Waals surface area contributed by atoms with Gasteiger partial charge in [-0.1, -0.05) is 19.1 Å². The Morgan fingerprint density at radius 2 is 1.89 bits per heavy atom. The van der Waals surface area contributed by atoms with Gasteiger partial charge in [0.05, 0.1) is 11.8 Å². The molecule has 2 aliphatic rings. The minimum absolute atomic E-state index is 0.112. The number of nitrogens with one attached hydrogen (secondary N) is 1. The molecule has 0 spiro atoms. The Morgan fingerprint density at radius 3 is 2.50 bits per heavy atom. The molecule has 0 aromatic heterocycles. The van der Waals surface area contributed by atoms with Crippen molar-refractivity contribution in [1.29, 1.82) is 0 Å². The van der Waals surface area contributed by atoms with Crippen LogP contribution in [0.15, 0.2) is 24.3 Å². The number of carbonyl (C=O) groups is 2. The van der Waals surface area contributed by atoms with E-state index >= 15 is 0 Å². The molecule has 4 nitrogen and oxygen atoms in total. The monoisotopic (exact) mass is 244 g/mol. The fraction of sp³-hybridized carbons (Fsp3) is 0.429. The molecule has 0 unspecified atom stereocenters. The van der Waals surface area contributed by atoms with Gasteiger partial charge in [-0.25, -0.2) is 0 Å². The zero-order chi connectivity index (χ0) is 12.7. The van der Waals surface area contributed by atoms with Crippen LogP contribution >= 0.6 is 0 Å². The summed E-state index contributed by atoms with van der Waals surface area (Å²) in [5.41, 5.74) is 2.39. The molecular formula is C14H16N2O2. The second-order valence-corrected chi connectivity index (χ2v) is 4.99. The maximum atomic E-state index is 11.6. The van der Waals surface area contributed by atoms with E-state index < -0.39 is 0 Å². The van der Waals surface area contributed by atoms with Gasteiger partial charge in [-0.2, -0.15) is 0 Å². The number of fused-ring (bicyclic) bond motifs is 1. The SMILES string of the molecule is CCc1cccc(N2C[C@@H]3C(=O)NC(=O)[C@@H]3C2)c1. The topological polar surface area (TPSA) is 49.4 Å². The third-order valence-electron chi connectivity index (χ3n) is 3.92. The lowest BCUT2D eigenvalue weighted by Crippen LogP contribution is -2.31. The highest BCUT2D eigenvalue weighted by atomic mass is 16.2. The van der Waals surface area contributed by atoms with Gasteiger partial charge in [0.25, 0.3) is 0 Å². The van der Waals surface area contributed by atoms with Crippen LogP contribution in [-0.2, 0) is 16.0 Å². The van der Waals surface area contributed by atoms with Gasteiger partial charge in [0.1, 0.15) is 0 Å². The molecule has 1 N–H and O–H groups in total. The molecule has 0 aliphatic carbocycles. The second kappa shape index (κ2) is 4.12. The summed E-state index contributed by atoms with van der Waals surface area (Å²) in [6.07, 6.45) is 0.994. The molecule has 0 radical (unpaired) electrons. The number of hydrogen-bond acceptors (Lipinski definition) is 3. The van der Waals surface area contributed by atoms with Crippen LogP contribution in [0.1, 0.15) is 12.5 Å². The van der Waals surface area contributed by atoms with E-state index in [1.807, 2.05) is 12.1 Å². The first-order valence-corrected chi connectivity index (χ1v) is 6.37. The number of rotatable bonds is 2. The van der Waals surface area contributed by atoms with Crippen molar-refractivity contribution < 1.29 is 9.59 Å². The summed E-state index contributed by atoms with van der Waals surface area (Å²) in [5, 5.41) is 2.41. The van der Waals surface area contributed by atoms with Crippen molar-refractivity contribution in [2.45, 2.75) is 13.3 Å². The second-order valence-electron chi connectivity index (χ2n) is 4.99. The zero-order valence-electron chi connectivity index (χ0n) is 10.3. The van der Waals surface area contributed by atoms with Crippen LogP contribution in [0.2, 0.25) is 0 Å². The molecule has 94 valence electrons. The molecule has 0 bridgehead atoms. The molecule has 2 heterocycles. The van der Waals surface area contributed by atoms with Crippen molar-refractivity contribution in [3.63, 3.8) is 0 Å². The van der Waals surface area contributed by atoms with Crippen LogP contribution in [0.4, 0.5) is 5.69 Å². The van der Waals surface area contributed by atoms with Crippen LogP contribution in [-0.4, -0.2) is 24.9 Å². The third-order valence-corrected chi connectivity index (χ3v) is 3.92. The van der Waals surface area contributed by atoms with Gasteiger partial charge in [-0.15, -0.1) is 0 Å². The number of anilines is 1. The summed E-state index contributed by atoms with van der Waals surface area (Å²) in [7, 11) is 0. The molecule has 2 aliphatic heterocycles. The minimum atomic E-state index is -0.164. The van der Waals surface area contributed by atoms with Crippen molar-refractivity contribution in [3.05, 3.63) is 29.8 Å². The van der Waals surface area contributed by atoms with Crippen molar-refractivity contribution in [2.75, 3.05) is 18.0 Å². The largest absolute Gasteiger partial charge is 0.370 e. The standard InChI is InChI=1S/C14H16N2O2/c1-2-9-4-3-5-10(6-9)16-7-11-12(8-16)14(18)15-13(11)17/h3-6,11-12H,2,7-8H2,1H3,(H,15,17,18)/t11-,12+. The van der Waals surface area contributed by atoms with Gasteiger partial charge in [-0.3, -0.25) is 14.9 Å². The average Bonchev–Trinajstić information content (AvgIpc) is 2.93. The Hall–Kier alpha value is -1.84. The zero-order valence-corrected chi connectivity index (χ0v) is 10.3. The van der Waals surface area contributed by atoms with E-state index in [1.165, 1.54) is 5.56 Å². The molecule has 0 saturated carbocycles. The number of imide groups is 1. The molecular weight excluding hydrogens is 228 g/mol. The van der Waals surface area contributed by atoms with E-state index in [0.717, 1.165) is 12.1 Å². The lowest BCUT2D eigenvalue weighted by molar-refractivity contribution is -0.126. The molecule has 1 aromatic carbocycles. The number of nitrogens with zero attached hydrogens (tertiary/aromatic N) is 1. The summed E-state index contributed by atoms with van der Waals surface area (Å²) in [5.74, 6) is -0.552. The number of hydrogen-bond donors (Lipinski definition) is 1. The van der Waals surface area contributed by atoms with E-state index in [-0.39, 0.29) is 23.7 Å². The lowest BCUT2D eigenvalue weighted by atomic mass is 10.00. The van der Waals surface area contributed by atoms with E-state index in [0.29, 0.717) is 13.1 Å². The highest BCUT2D eigenvalue weighted by Crippen LogP contribution is 2.32. The van der Waals surface area contributed by atoms with Gasteiger partial charge in [0.2, 0.25) is 11.8 Å². The Kier molecular flexibility index (Phi) is 2.58. The number of aryl methyl sites for hydroxylation is 1. The summed E-state index contributed by atoms with van der Waals surface area (Å²) >= 11 is 0. The number of amides is 2. The highest BCUT2D eigenvalue weighted by molar-refractivity contribution is 6.06. The van der Waals surface area contributed by atoms with Gasteiger partial charge in [-0.05, 0) is 24.1 Å². The fourth-order valence-corrected chi connectivity index (χ4v) is 2.83. The van der Waals surface area contributed by atoms with Crippen molar-refractivity contribution in [3.8, 4) is 0 Å². The highest BCUT2D eigenvalue weighted by Gasteiger charge is 2.47. The molecule has 2 fully saturated rings. The Balaban J connectivity index is 1.83. The first-order valence-electron chi connectivity index (χ1n) is 6.37. The summed E-state index contributed by atoms with van der Waals surface area (Å²) in [4.78, 5) is 25.4. The van der Waals surface area contributed by atoms with Crippen LogP contribution in [0.5, 0.6) is 0 Å². The van der Waals surface area contributed by atoms with E-state index in [4.69, 9.17) is 0 Å². The molecule has 2 saturated heterocycles. The molecule has 3 rings (SSSR count). The molecule has 2 amide bonds. The summed E-state index contributed by atoms with van der Waals surface area (Å²) < 4.78 is 0. The van der Waals surface area contributed by atoms with Crippen LogP contribution in [0.3, 0.4) is 0 Å². The predicted octanol–water partition coefficient (Wildman–Crippen LogP) is 0.958. The first-order chi connectivity index (χ1) is 8.69. The van der Waals surface area contributed by atoms with Gasteiger partial charge >= 0.3 is 0 Å². The first kappa shape index (κ1) is 11.3. The van der Waals surface area contributed by atoms with Crippen LogP contribution in [0, 0.1) is 11.8 Å². The Labute approximate surface area is 106 Å². The maximum absolute atomic E-state index is 11.6.